The molecule has 1 saturated heterocycles. The van der Waals surface area contributed by atoms with Gasteiger partial charge in [0.15, 0.2) is 0 Å². The fourth-order valence-corrected chi connectivity index (χ4v) is 4.55. The summed E-state index contributed by atoms with van der Waals surface area (Å²) < 4.78 is 20.2. The van der Waals surface area contributed by atoms with Gasteiger partial charge in [-0.1, -0.05) is 16.8 Å². The summed E-state index contributed by atoms with van der Waals surface area (Å²) in [6.07, 6.45) is 3.03. The smallest absolute Gasteiger partial charge is 0.278 e. The van der Waals surface area contributed by atoms with E-state index in [1.165, 1.54) is 0 Å². The Kier molecular flexibility index (Phi) is 5.07. The van der Waals surface area contributed by atoms with E-state index in [2.05, 4.69) is 15.1 Å². The van der Waals surface area contributed by atoms with Gasteiger partial charge < -0.3 is 14.0 Å². The van der Waals surface area contributed by atoms with Gasteiger partial charge in [-0.2, -0.15) is 4.98 Å². The third-order valence-electron chi connectivity index (χ3n) is 5.89. The van der Waals surface area contributed by atoms with Gasteiger partial charge in [-0.25, -0.2) is 4.98 Å². The highest BCUT2D eigenvalue weighted by Gasteiger charge is 2.36. The summed E-state index contributed by atoms with van der Waals surface area (Å²) in [5.41, 5.74) is 1.74. The minimum Gasteiger partial charge on any atom is -0.383 e. The molecule has 1 aliphatic heterocycles. The summed E-state index contributed by atoms with van der Waals surface area (Å²) in [4.78, 5) is 22.7. The molecule has 0 N–H and O–H groups in total. The fourth-order valence-electron chi connectivity index (χ4n) is 4.39. The Bertz CT molecular complexity index is 1370. The van der Waals surface area contributed by atoms with Gasteiger partial charge in [-0.3, -0.25) is 13.8 Å². The van der Waals surface area contributed by atoms with Crippen molar-refractivity contribution >= 4 is 28.2 Å². The van der Waals surface area contributed by atoms with Gasteiger partial charge in [0, 0.05) is 12.1 Å². The Morgan fingerprint density at radius 3 is 2.88 bits per heavy atom. The summed E-state index contributed by atoms with van der Waals surface area (Å²) in [7, 11) is 1.60. The first-order valence-corrected chi connectivity index (χ1v) is 10.9. The lowest BCUT2D eigenvalue weighted by Crippen LogP contribution is -2.28. The maximum Gasteiger partial charge on any atom is 0.278 e. The Balaban J connectivity index is 1.69. The van der Waals surface area contributed by atoms with E-state index in [0.29, 0.717) is 34.2 Å². The SMILES string of the molecule is COCC(C)n1c(=O)c2c(-c3noc(C4CCC(C)(C)O4)n3)ncn2c2ccc(Cl)cc21. The monoisotopic (exact) mass is 457 g/mol. The molecule has 1 fully saturated rings. The molecule has 4 heterocycles. The second-order valence-electron chi connectivity index (χ2n) is 8.79. The molecule has 0 saturated carbocycles. The number of methoxy groups -OCH3 is 1. The topological polar surface area (TPSA) is 96.7 Å². The van der Waals surface area contributed by atoms with Crippen molar-refractivity contribution in [1.82, 2.24) is 24.1 Å². The highest BCUT2D eigenvalue weighted by molar-refractivity contribution is 6.31. The third kappa shape index (κ3) is 3.41. The summed E-state index contributed by atoms with van der Waals surface area (Å²) in [6, 6.07) is 5.19. The van der Waals surface area contributed by atoms with Gasteiger partial charge in [0.05, 0.1) is 29.3 Å². The van der Waals surface area contributed by atoms with Crippen LogP contribution in [0.2, 0.25) is 5.02 Å². The predicted molar refractivity (Wildman–Crippen MR) is 119 cm³/mol. The molecule has 0 bridgehead atoms. The van der Waals surface area contributed by atoms with E-state index in [9.17, 15) is 4.79 Å². The lowest BCUT2D eigenvalue weighted by molar-refractivity contribution is -0.0292. The molecule has 4 aromatic rings. The zero-order valence-corrected chi connectivity index (χ0v) is 19.1. The second-order valence-corrected chi connectivity index (χ2v) is 9.22. The molecule has 0 aliphatic carbocycles. The van der Waals surface area contributed by atoms with Crippen LogP contribution < -0.4 is 5.56 Å². The van der Waals surface area contributed by atoms with E-state index >= 15 is 0 Å². The zero-order valence-electron chi connectivity index (χ0n) is 18.3. The second kappa shape index (κ2) is 7.68. The Morgan fingerprint density at radius 1 is 1.34 bits per heavy atom. The molecule has 0 amide bonds. The Morgan fingerprint density at radius 2 is 2.16 bits per heavy atom. The summed E-state index contributed by atoms with van der Waals surface area (Å²) >= 11 is 6.25. The fraction of sp³-hybridized carbons (Fsp3) is 0.455. The van der Waals surface area contributed by atoms with E-state index in [1.807, 2.05) is 26.8 Å². The number of hydrogen-bond donors (Lipinski definition) is 0. The molecule has 2 unspecified atom stereocenters. The molecule has 0 spiro atoms. The van der Waals surface area contributed by atoms with Crippen molar-refractivity contribution in [3.63, 3.8) is 0 Å². The van der Waals surface area contributed by atoms with Crippen LogP contribution in [0.1, 0.15) is 51.6 Å². The average Bonchev–Trinajstić information content (AvgIpc) is 3.45. The quantitative estimate of drug-likeness (QED) is 0.443. The average molecular weight is 458 g/mol. The number of aromatic nitrogens is 5. The van der Waals surface area contributed by atoms with Gasteiger partial charge in [-0.15, -0.1) is 0 Å². The number of hydrogen-bond acceptors (Lipinski definition) is 7. The van der Waals surface area contributed by atoms with Gasteiger partial charge in [0.1, 0.15) is 23.6 Å². The van der Waals surface area contributed by atoms with Crippen molar-refractivity contribution in [2.75, 3.05) is 13.7 Å². The highest BCUT2D eigenvalue weighted by Crippen LogP contribution is 2.38. The number of fused-ring (bicyclic) bond motifs is 3. The van der Waals surface area contributed by atoms with E-state index < -0.39 is 0 Å². The van der Waals surface area contributed by atoms with Crippen LogP contribution in [0.5, 0.6) is 0 Å². The van der Waals surface area contributed by atoms with Crippen molar-refractivity contribution in [1.29, 1.82) is 0 Å². The number of benzene rings is 1. The van der Waals surface area contributed by atoms with Gasteiger partial charge in [0.2, 0.25) is 5.82 Å². The first-order valence-electron chi connectivity index (χ1n) is 10.5. The molecule has 2 atom stereocenters. The molecule has 1 aromatic carbocycles. The van der Waals surface area contributed by atoms with Gasteiger partial charge in [-0.05, 0) is 51.8 Å². The number of rotatable bonds is 5. The molecule has 10 heteroatoms. The first-order chi connectivity index (χ1) is 15.3. The normalized spacial score (nSPS) is 19.2. The Hall–Kier alpha value is -2.75. The molecule has 9 nitrogen and oxygen atoms in total. The van der Waals surface area contributed by atoms with Crippen molar-refractivity contribution in [2.24, 2.45) is 0 Å². The molecule has 1 aliphatic rings. The number of nitrogens with zero attached hydrogens (tertiary/aromatic N) is 5. The van der Waals surface area contributed by atoms with Crippen molar-refractivity contribution < 1.29 is 14.0 Å². The minimum absolute atomic E-state index is 0.226. The standard InChI is InChI=1S/C22H24ClN5O4/c1-12(10-30-4)28-15-9-13(23)5-6-14(15)27-11-24-17(18(27)21(28)29)19-25-20(32-26-19)16-7-8-22(2,3)31-16/h5-6,9,11-12,16H,7-8,10H2,1-4H3. The Labute approximate surface area is 188 Å². The lowest BCUT2D eigenvalue weighted by Gasteiger charge is -2.18. The van der Waals surface area contributed by atoms with Gasteiger partial charge in [0.25, 0.3) is 11.4 Å². The summed E-state index contributed by atoms with van der Waals surface area (Å²) in [5, 5.41) is 4.65. The molecular formula is C22H24ClN5O4. The van der Waals surface area contributed by atoms with Crippen LogP contribution in [0, 0.1) is 0 Å². The molecule has 0 radical (unpaired) electrons. The van der Waals surface area contributed by atoms with Crippen molar-refractivity contribution in [3.05, 3.63) is 45.8 Å². The van der Waals surface area contributed by atoms with Crippen LogP contribution >= 0.6 is 11.6 Å². The minimum atomic E-state index is -0.263. The van der Waals surface area contributed by atoms with Crippen LogP contribution in [-0.4, -0.2) is 43.4 Å². The predicted octanol–water partition coefficient (Wildman–Crippen LogP) is 4.19. The molecular weight excluding hydrogens is 434 g/mol. The lowest BCUT2D eigenvalue weighted by atomic mass is 10.1. The highest BCUT2D eigenvalue weighted by atomic mass is 35.5. The van der Waals surface area contributed by atoms with E-state index in [1.54, 1.807) is 34.5 Å². The van der Waals surface area contributed by atoms with Crippen LogP contribution in [0.3, 0.4) is 0 Å². The van der Waals surface area contributed by atoms with Gasteiger partial charge >= 0.3 is 0 Å². The summed E-state index contributed by atoms with van der Waals surface area (Å²) in [5.74, 6) is 0.652. The molecule has 32 heavy (non-hydrogen) atoms. The summed E-state index contributed by atoms with van der Waals surface area (Å²) in [6.45, 7) is 6.36. The number of ether oxygens (including phenoxy) is 2. The third-order valence-corrected chi connectivity index (χ3v) is 6.13. The maximum absolute atomic E-state index is 13.7. The zero-order chi connectivity index (χ0) is 22.6. The maximum atomic E-state index is 13.7. The van der Waals surface area contributed by atoms with Crippen LogP contribution in [0.15, 0.2) is 33.8 Å². The molecule has 5 rings (SSSR count). The largest absolute Gasteiger partial charge is 0.383 e. The van der Waals surface area contributed by atoms with Crippen LogP contribution in [-0.2, 0) is 9.47 Å². The van der Waals surface area contributed by atoms with Crippen molar-refractivity contribution in [3.8, 4) is 11.5 Å². The van der Waals surface area contributed by atoms with E-state index in [-0.39, 0.29) is 29.1 Å². The van der Waals surface area contributed by atoms with Crippen LogP contribution in [0.4, 0.5) is 0 Å². The van der Waals surface area contributed by atoms with E-state index in [4.69, 9.17) is 25.6 Å². The van der Waals surface area contributed by atoms with Crippen LogP contribution in [0.25, 0.3) is 28.1 Å². The molecule has 3 aromatic heterocycles. The molecule has 168 valence electrons. The number of halogens is 1. The first kappa shape index (κ1) is 21.1. The van der Waals surface area contributed by atoms with E-state index in [0.717, 1.165) is 18.4 Å². The number of imidazole rings is 1. The van der Waals surface area contributed by atoms with Crippen molar-refractivity contribution in [2.45, 2.75) is 51.4 Å².